The molecule has 1 aromatic rings. The number of hydrogen-bond acceptors (Lipinski definition) is 3. The number of rotatable bonds is 6. The van der Waals surface area contributed by atoms with E-state index in [2.05, 4.69) is 30.0 Å². The summed E-state index contributed by atoms with van der Waals surface area (Å²) in [6.45, 7) is 2.87. The van der Waals surface area contributed by atoms with Gasteiger partial charge in [0.2, 0.25) is 5.91 Å². The molecule has 2 rings (SSSR count). The van der Waals surface area contributed by atoms with Gasteiger partial charge in [-0.3, -0.25) is 9.69 Å². The number of nitrogens with zero attached hydrogens (tertiary/aromatic N) is 1. The Labute approximate surface area is 121 Å². The van der Waals surface area contributed by atoms with Gasteiger partial charge in [0.25, 0.3) is 0 Å². The predicted octanol–water partition coefficient (Wildman–Crippen LogP) is 1.72. The molecular formula is C16H25N3O. The summed E-state index contributed by atoms with van der Waals surface area (Å²) in [5, 5.41) is 0. The summed E-state index contributed by atoms with van der Waals surface area (Å²) in [5.74, 6) is -0.275. The zero-order valence-corrected chi connectivity index (χ0v) is 12.2. The van der Waals surface area contributed by atoms with Crippen molar-refractivity contribution in [3.8, 4) is 0 Å². The summed E-state index contributed by atoms with van der Waals surface area (Å²) in [7, 11) is 0. The van der Waals surface area contributed by atoms with E-state index in [0.717, 1.165) is 12.8 Å². The molecule has 0 aliphatic heterocycles. The van der Waals surface area contributed by atoms with E-state index in [9.17, 15) is 4.79 Å². The third kappa shape index (κ3) is 3.58. The summed E-state index contributed by atoms with van der Waals surface area (Å²) < 4.78 is 0. The lowest BCUT2D eigenvalue weighted by Gasteiger charge is -2.35. The van der Waals surface area contributed by atoms with Gasteiger partial charge in [-0.05, 0) is 25.3 Å². The smallest absolute Gasteiger partial charge is 0.231 e. The Morgan fingerprint density at radius 2 is 2.10 bits per heavy atom. The second-order valence-corrected chi connectivity index (χ2v) is 5.74. The SMILES string of the molecule is Cc1cccc(C(CN)N(CC(N)=O)C2CCCC2)c1. The monoisotopic (exact) mass is 275 g/mol. The lowest BCUT2D eigenvalue weighted by Crippen LogP contribution is -2.44. The van der Waals surface area contributed by atoms with Crippen LogP contribution in [-0.4, -0.2) is 29.9 Å². The molecular weight excluding hydrogens is 250 g/mol. The summed E-state index contributed by atoms with van der Waals surface area (Å²) in [5.41, 5.74) is 13.8. The third-order valence-corrected chi connectivity index (χ3v) is 4.18. The van der Waals surface area contributed by atoms with Crippen LogP contribution in [0.25, 0.3) is 0 Å². The molecule has 1 aromatic carbocycles. The minimum Gasteiger partial charge on any atom is -0.369 e. The van der Waals surface area contributed by atoms with Crippen LogP contribution < -0.4 is 11.5 Å². The summed E-state index contributed by atoms with van der Waals surface area (Å²) >= 11 is 0. The van der Waals surface area contributed by atoms with Crippen LogP contribution >= 0.6 is 0 Å². The number of primary amides is 1. The van der Waals surface area contributed by atoms with Crippen molar-refractivity contribution in [2.45, 2.75) is 44.7 Å². The molecule has 20 heavy (non-hydrogen) atoms. The zero-order valence-electron chi connectivity index (χ0n) is 12.2. The highest BCUT2D eigenvalue weighted by atomic mass is 16.1. The van der Waals surface area contributed by atoms with Crippen LogP contribution in [0, 0.1) is 6.92 Å². The molecule has 1 fully saturated rings. The molecule has 0 heterocycles. The quantitative estimate of drug-likeness (QED) is 0.830. The van der Waals surface area contributed by atoms with E-state index < -0.39 is 0 Å². The first-order valence-electron chi connectivity index (χ1n) is 7.42. The lowest BCUT2D eigenvalue weighted by atomic mass is 10.0. The molecule has 0 saturated heterocycles. The Hall–Kier alpha value is -1.39. The highest BCUT2D eigenvalue weighted by Crippen LogP contribution is 2.30. The van der Waals surface area contributed by atoms with Gasteiger partial charge in [-0.1, -0.05) is 42.7 Å². The van der Waals surface area contributed by atoms with Gasteiger partial charge in [0.1, 0.15) is 0 Å². The molecule has 1 unspecified atom stereocenters. The number of carbonyl (C=O) groups excluding carboxylic acids is 1. The molecule has 110 valence electrons. The van der Waals surface area contributed by atoms with Gasteiger partial charge in [-0.2, -0.15) is 0 Å². The number of hydrogen-bond donors (Lipinski definition) is 2. The number of nitrogens with two attached hydrogens (primary N) is 2. The van der Waals surface area contributed by atoms with Gasteiger partial charge in [0.05, 0.1) is 6.54 Å². The van der Waals surface area contributed by atoms with Crippen LogP contribution in [0.1, 0.15) is 42.9 Å². The first-order valence-corrected chi connectivity index (χ1v) is 7.42. The van der Waals surface area contributed by atoms with Crippen LogP contribution in [0.2, 0.25) is 0 Å². The van der Waals surface area contributed by atoms with E-state index in [1.54, 1.807) is 0 Å². The van der Waals surface area contributed by atoms with E-state index in [-0.39, 0.29) is 11.9 Å². The molecule has 4 heteroatoms. The summed E-state index contributed by atoms with van der Waals surface area (Å²) in [6.07, 6.45) is 4.72. The standard InChI is InChI=1S/C16H25N3O/c1-12-5-4-6-13(9-12)15(10-17)19(11-16(18)20)14-7-2-3-8-14/h4-6,9,14-15H,2-3,7-8,10-11,17H2,1H3,(H2,18,20). The third-order valence-electron chi connectivity index (χ3n) is 4.18. The Balaban J connectivity index is 2.25. The largest absolute Gasteiger partial charge is 0.369 e. The maximum atomic E-state index is 11.4. The van der Waals surface area contributed by atoms with Gasteiger partial charge in [0, 0.05) is 18.6 Å². The van der Waals surface area contributed by atoms with E-state index in [4.69, 9.17) is 11.5 Å². The van der Waals surface area contributed by atoms with Crippen molar-refractivity contribution in [3.63, 3.8) is 0 Å². The fourth-order valence-corrected chi connectivity index (χ4v) is 3.25. The van der Waals surface area contributed by atoms with Gasteiger partial charge in [0.15, 0.2) is 0 Å². The Bertz CT molecular complexity index is 455. The molecule has 0 bridgehead atoms. The van der Waals surface area contributed by atoms with Gasteiger partial charge < -0.3 is 11.5 Å². The fraction of sp³-hybridized carbons (Fsp3) is 0.562. The second kappa shape index (κ2) is 6.86. The number of amides is 1. The van der Waals surface area contributed by atoms with E-state index in [1.807, 2.05) is 6.07 Å². The summed E-state index contributed by atoms with van der Waals surface area (Å²) in [4.78, 5) is 13.6. The van der Waals surface area contributed by atoms with E-state index in [1.165, 1.54) is 24.0 Å². The average molecular weight is 275 g/mol. The minimum atomic E-state index is -0.275. The molecule has 0 radical (unpaired) electrons. The summed E-state index contributed by atoms with van der Waals surface area (Å²) in [6, 6.07) is 8.87. The van der Waals surface area contributed by atoms with Crippen molar-refractivity contribution in [2.24, 2.45) is 11.5 Å². The minimum absolute atomic E-state index is 0.0745. The Morgan fingerprint density at radius 1 is 1.40 bits per heavy atom. The predicted molar refractivity (Wildman–Crippen MR) is 81.1 cm³/mol. The van der Waals surface area contributed by atoms with Crippen LogP contribution in [0.5, 0.6) is 0 Å². The molecule has 4 nitrogen and oxygen atoms in total. The number of aryl methyl sites for hydroxylation is 1. The van der Waals surface area contributed by atoms with Crippen molar-refractivity contribution in [1.29, 1.82) is 0 Å². The lowest BCUT2D eigenvalue weighted by molar-refractivity contribution is -0.120. The van der Waals surface area contributed by atoms with Crippen LogP contribution in [-0.2, 0) is 4.79 Å². The van der Waals surface area contributed by atoms with Gasteiger partial charge in [-0.25, -0.2) is 0 Å². The van der Waals surface area contributed by atoms with E-state index in [0.29, 0.717) is 19.1 Å². The molecule has 4 N–H and O–H groups in total. The Kier molecular flexibility index (Phi) is 5.15. The molecule has 1 aliphatic carbocycles. The number of benzene rings is 1. The number of carbonyl (C=O) groups is 1. The maximum Gasteiger partial charge on any atom is 0.231 e. The highest BCUT2D eigenvalue weighted by molar-refractivity contribution is 5.76. The second-order valence-electron chi connectivity index (χ2n) is 5.74. The van der Waals surface area contributed by atoms with E-state index >= 15 is 0 Å². The highest BCUT2D eigenvalue weighted by Gasteiger charge is 2.30. The van der Waals surface area contributed by atoms with Crippen molar-refractivity contribution in [2.75, 3.05) is 13.1 Å². The molecule has 1 aliphatic rings. The fourth-order valence-electron chi connectivity index (χ4n) is 3.25. The van der Waals surface area contributed by atoms with Crippen molar-refractivity contribution in [1.82, 2.24) is 4.90 Å². The average Bonchev–Trinajstić information content (AvgIpc) is 2.92. The Morgan fingerprint density at radius 3 is 2.65 bits per heavy atom. The van der Waals surface area contributed by atoms with Crippen molar-refractivity contribution >= 4 is 5.91 Å². The van der Waals surface area contributed by atoms with Crippen LogP contribution in [0.3, 0.4) is 0 Å². The maximum absolute atomic E-state index is 11.4. The molecule has 1 amide bonds. The van der Waals surface area contributed by atoms with Crippen LogP contribution in [0.4, 0.5) is 0 Å². The molecule has 1 atom stereocenters. The van der Waals surface area contributed by atoms with Crippen molar-refractivity contribution < 1.29 is 4.79 Å². The normalized spacial score (nSPS) is 17.6. The van der Waals surface area contributed by atoms with Crippen LogP contribution in [0.15, 0.2) is 24.3 Å². The topological polar surface area (TPSA) is 72.3 Å². The molecule has 1 saturated carbocycles. The molecule has 0 spiro atoms. The molecule has 0 aromatic heterocycles. The van der Waals surface area contributed by atoms with Crippen molar-refractivity contribution in [3.05, 3.63) is 35.4 Å². The zero-order chi connectivity index (χ0) is 14.5. The van der Waals surface area contributed by atoms with Gasteiger partial charge in [-0.15, -0.1) is 0 Å². The first-order chi connectivity index (χ1) is 9.61. The van der Waals surface area contributed by atoms with Gasteiger partial charge >= 0.3 is 0 Å². The first kappa shape index (κ1) is 15.0.